The van der Waals surface area contributed by atoms with Crippen molar-refractivity contribution in [3.05, 3.63) is 65.9 Å². The molecule has 0 fully saturated rings. The molecule has 0 aliphatic rings. The highest BCUT2D eigenvalue weighted by molar-refractivity contribution is 5.99. The van der Waals surface area contributed by atoms with Crippen molar-refractivity contribution < 1.29 is 18.7 Å². The monoisotopic (exact) mass is 397 g/mol. The second kappa shape index (κ2) is 9.05. The summed E-state index contributed by atoms with van der Waals surface area (Å²) in [6.07, 6.45) is 3.15. The van der Waals surface area contributed by atoms with Crippen LogP contribution in [0.15, 0.2) is 48.8 Å². The number of aromatic nitrogens is 4. The van der Waals surface area contributed by atoms with Crippen LogP contribution in [0, 0.1) is 5.82 Å². The molecule has 3 rings (SSSR count). The summed E-state index contributed by atoms with van der Waals surface area (Å²) < 4.78 is 20.5. The third-order valence-corrected chi connectivity index (χ3v) is 4.19. The third kappa shape index (κ3) is 4.63. The Morgan fingerprint density at radius 3 is 2.59 bits per heavy atom. The molecule has 29 heavy (non-hydrogen) atoms. The summed E-state index contributed by atoms with van der Waals surface area (Å²) >= 11 is 0. The first-order valence-electron chi connectivity index (χ1n) is 8.99. The zero-order valence-corrected chi connectivity index (χ0v) is 16.1. The smallest absolute Gasteiger partial charge is 0.325 e. The molecular weight excluding hydrogens is 377 g/mol. The van der Waals surface area contributed by atoms with Gasteiger partial charge in [0.25, 0.3) is 5.91 Å². The van der Waals surface area contributed by atoms with Crippen LogP contribution < -0.4 is 0 Å². The van der Waals surface area contributed by atoms with Gasteiger partial charge in [-0.05, 0) is 25.1 Å². The normalized spacial score (nSPS) is 10.6. The first kappa shape index (κ1) is 20.1. The summed E-state index contributed by atoms with van der Waals surface area (Å²) in [4.78, 5) is 29.8. The van der Waals surface area contributed by atoms with E-state index in [9.17, 15) is 14.0 Å². The van der Waals surface area contributed by atoms with Crippen molar-refractivity contribution in [3.63, 3.8) is 0 Å². The van der Waals surface area contributed by atoms with E-state index in [4.69, 9.17) is 4.74 Å². The molecule has 0 aliphatic carbocycles. The van der Waals surface area contributed by atoms with Crippen LogP contribution in [-0.2, 0) is 16.1 Å². The van der Waals surface area contributed by atoms with E-state index in [2.05, 4.69) is 15.3 Å². The van der Waals surface area contributed by atoms with Gasteiger partial charge in [0, 0.05) is 30.6 Å². The van der Waals surface area contributed by atoms with Gasteiger partial charge in [0.2, 0.25) is 0 Å². The maximum Gasteiger partial charge on any atom is 0.325 e. The summed E-state index contributed by atoms with van der Waals surface area (Å²) in [5.41, 5.74) is 1.52. The Morgan fingerprint density at radius 2 is 1.90 bits per heavy atom. The van der Waals surface area contributed by atoms with Crippen LogP contribution in [0.3, 0.4) is 0 Å². The molecule has 9 heteroatoms. The fraction of sp³-hybridized carbons (Fsp3) is 0.250. The van der Waals surface area contributed by atoms with Crippen LogP contribution >= 0.6 is 0 Å². The van der Waals surface area contributed by atoms with Crippen molar-refractivity contribution in [2.45, 2.75) is 13.5 Å². The molecule has 2 aromatic heterocycles. The molecule has 0 unspecified atom stereocenters. The first-order chi connectivity index (χ1) is 14.0. The van der Waals surface area contributed by atoms with E-state index in [0.717, 1.165) is 0 Å². The van der Waals surface area contributed by atoms with Gasteiger partial charge < -0.3 is 9.64 Å². The number of amides is 1. The minimum absolute atomic E-state index is 0.0549. The molecule has 0 aliphatic heterocycles. The molecule has 0 spiro atoms. The highest BCUT2D eigenvalue weighted by atomic mass is 19.1. The van der Waals surface area contributed by atoms with Gasteiger partial charge in [-0.1, -0.05) is 23.4 Å². The number of halogens is 1. The number of esters is 1. The molecule has 0 bridgehead atoms. The molecule has 0 atom stereocenters. The van der Waals surface area contributed by atoms with E-state index in [1.165, 1.54) is 22.7 Å². The highest BCUT2D eigenvalue weighted by Gasteiger charge is 2.25. The van der Waals surface area contributed by atoms with Gasteiger partial charge in [0.05, 0.1) is 13.2 Å². The van der Waals surface area contributed by atoms with Gasteiger partial charge in [-0.2, -0.15) is 0 Å². The van der Waals surface area contributed by atoms with Crippen LogP contribution in [-0.4, -0.2) is 57.0 Å². The average molecular weight is 397 g/mol. The molecule has 8 nitrogen and oxygen atoms in total. The lowest BCUT2D eigenvalue weighted by Gasteiger charge is -2.16. The fourth-order valence-corrected chi connectivity index (χ4v) is 2.80. The number of carbonyl (C=O) groups is 2. The lowest BCUT2D eigenvalue weighted by atomic mass is 10.1. The molecule has 0 N–H and O–H groups in total. The number of ether oxygens (including phenoxy) is 1. The molecular formula is C20H20FN5O3. The molecule has 150 valence electrons. The zero-order chi connectivity index (χ0) is 20.8. The summed E-state index contributed by atoms with van der Waals surface area (Å²) in [7, 11) is 1.48. The van der Waals surface area contributed by atoms with Crippen molar-refractivity contribution in [1.29, 1.82) is 0 Å². The van der Waals surface area contributed by atoms with E-state index in [1.807, 2.05) is 0 Å². The van der Waals surface area contributed by atoms with Gasteiger partial charge in [0.15, 0.2) is 5.69 Å². The number of nitrogens with zero attached hydrogens (tertiary/aromatic N) is 5. The Morgan fingerprint density at radius 1 is 1.17 bits per heavy atom. The van der Waals surface area contributed by atoms with Crippen molar-refractivity contribution in [2.75, 3.05) is 20.2 Å². The maximum absolute atomic E-state index is 14.1. The van der Waals surface area contributed by atoms with E-state index < -0.39 is 11.9 Å². The number of carbonyl (C=O) groups excluding carboxylic acids is 2. The van der Waals surface area contributed by atoms with Crippen LogP contribution in [0.25, 0.3) is 11.3 Å². The summed E-state index contributed by atoms with van der Waals surface area (Å²) in [6.45, 7) is 1.78. The van der Waals surface area contributed by atoms with E-state index >= 15 is 0 Å². The van der Waals surface area contributed by atoms with Crippen molar-refractivity contribution in [2.24, 2.45) is 0 Å². The van der Waals surface area contributed by atoms with Crippen LogP contribution in [0.4, 0.5) is 4.39 Å². The molecule has 2 heterocycles. The summed E-state index contributed by atoms with van der Waals surface area (Å²) in [5, 5.41) is 8.08. The number of rotatable bonds is 7. The van der Waals surface area contributed by atoms with Crippen molar-refractivity contribution >= 4 is 11.9 Å². The number of benzene rings is 1. The largest absolute Gasteiger partial charge is 0.465 e. The predicted molar refractivity (Wildman–Crippen MR) is 102 cm³/mol. The van der Waals surface area contributed by atoms with Gasteiger partial charge in [-0.25, -0.2) is 9.07 Å². The van der Waals surface area contributed by atoms with Crippen LogP contribution in [0.2, 0.25) is 0 Å². The molecule has 0 saturated heterocycles. The third-order valence-electron chi connectivity index (χ3n) is 4.19. The second-order valence-electron chi connectivity index (χ2n) is 6.24. The average Bonchev–Trinajstić information content (AvgIpc) is 3.13. The van der Waals surface area contributed by atoms with Gasteiger partial charge in [0.1, 0.15) is 18.1 Å². The SMILES string of the molecule is CCOC(=O)CN(C)C(=O)c1nnn(Cc2ccccc2F)c1-c1ccncc1. The lowest BCUT2D eigenvalue weighted by molar-refractivity contribution is -0.143. The number of likely N-dealkylation sites (N-methyl/N-ethyl adjacent to an activating group) is 1. The van der Waals surface area contributed by atoms with Gasteiger partial charge in [-0.3, -0.25) is 14.6 Å². The number of pyridine rings is 1. The highest BCUT2D eigenvalue weighted by Crippen LogP contribution is 2.24. The number of hydrogen-bond donors (Lipinski definition) is 0. The van der Waals surface area contributed by atoms with E-state index in [1.54, 1.807) is 49.6 Å². The van der Waals surface area contributed by atoms with Crippen molar-refractivity contribution in [1.82, 2.24) is 24.9 Å². The second-order valence-corrected chi connectivity index (χ2v) is 6.24. The minimum atomic E-state index is -0.521. The van der Waals surface area contributed by atoms with Gasteiger partial charge in [-0.15, -0.1) is 5.10 Å². The Balaban J connectivity index is 1.97. The molecule has 1 aromatic carbocycles. The Kier molecular flexibility index (Phi) is 6.28. The lowest BCUT2D eigenvalue weighted by Crippen LogP contribution is -2.33. The molecule has 0 saturated carbocycles. The zero-order valence-electron chi connectivity index (χ0n) is 16.1. The van der Waals surface area contributed by atoms with Crippen LogP contribution in [0.5, 0.6) is 0 Å². The van der Waals surface area contributed by atoms with E-state index in [0.29, 0.717) is 16.8 Å². The Labute approximate surface area is 166 Å². The fourth-order valence-electron chi connectivity index (χ4n) is 2.80. The first-order valence-corrected chi connectivity index (χ1v) is 8.99. The standard InChI is InChI=1S/C20H20FN5O3/c1-3-29-17(27)13-25(2)20(28)18-19(14-8-10-22-11-9-14)26(24-23-18)12-15-6-4-5-7-16(15)21/h4-11H,3,12-13H2,1-2H3. The molecule has 0 radical (unpaired) electrons. The minimum Gasteiger partial charge on any atom is -0.465 e. The number of hydrogen-bond acceptors (Lipinski definition) is 6. The van der Waals surface area contributed by atoms with Crippen molar-refractivity contribution in [3.8, 4) is 11.3 Å². The topological polar surface area (TPSA) is 90.2 Å². The quantitative estimate of drug-likeness (QED) is 0.568. The summed E-state index contributed by atoms with van der Waals surface area (Å²) in [5.74, 6) is -1.40. The predicted octanol–water partition coefficient (Wildman–Crippen LogP) is 2.16. The van der Waals surface area contributed by atoms with E-state index in [-0.39, 0.29) is 31.2 Å². The molecule has 3 aromatic rings. The summed E-state index contributed by atoms with van der Waals surface area (Å²) in [6, 6.07) is 9.74. The maximum atomic E-state index is 14.1. The Hall–Kier alpha value is -3.62. The molecule has 1 amide bonds. The Bertz CT molecular complexity index is 1010. The van der Waals surface area contributed by atoms with Gasteiger partial charge >= 0.3 is 5.97 Å². The van der Waals surface area contributed by atoms with Crippen LogP contribution in [0.1, 0.15) is 23.0 Å².